The van der Waals surface area contributed by atoms with Gasteiger partial charge in [-0.25, -0.2) is 9.97 Å². The van der Waals surface area contributed by atoms with Crippen LogP contribution in [-0.2, 0) is 0 Å². The maximum Gasteiger partial charge on any atom is 0.405 e. The number of nitrogens with two attached hydrogens (primary N) is 1. The van der Waals surface area contributed by atoms with Crippen molar-refractivity contribution in [3.8, 4) is 0 Å². The van der Waals surface area contributed by atoms with Crippen LogP contribution in [0.4, 0.5) is 13.2 Å². The molecule has 0 atom stereocenters. The van der Waals surface area contributed by atoms with Crippen molar-refractivity contribution in [2.24, 2.45) is 5.73 Å². The van der Waals surface area contributed by atoms with Crippen LogP contribution in [0.15, 0.2) is 18.7 Å². The molecule has 2 amide bonds. The molecule has 0 aromatic carbocycles. The first-order chi connectivity index (χ1) is 9.28. The van der Waals surface area contributed by atoms with Crippen molar-refractivity contribution < 1.29 is 22.8 Å². The summed E-state index contributed by atoms with van der Waals surface area (Å²) < 4.78 is 37.2. The minimum absolute atomic E-state index is 0.0395. The molecule has 10 heteroatoms. The second-order valence-corrected chi connectivity index (χ2v) is 3.83. The summed E-state index contributed by atoms with van der Waals surface area (Å²) in [5.41, 5.74) is 4.83. The Morgan fingerprint density at radius 3 is 2.70 bits per heavy atom. The fourth-order valence-electron chi connectivity index (χ4n) is 1.47. The zero-order valence-corrected chi connectivity index (χ0v) is 9.81. The predicted molar refractivity (Wildman–Crippen MR) is 59.9 cm³/mol. The van der Waals surface area contributed by atoms with Crippen LogP contribution in [-0.4, -0.2) is 38.9 Å². The third-order valence-electron chi connectivity index (χ3n) is 2.32. The van der Waals surface area contributed by atoms with Crippen molar-refractivity contribution >= 4 is 17.5 Å². The molecule has 2 heterocycles. The fourth-order valence-corrected chi connectivity index (χ4v) is 1.47. The van der Waals surface area contributed by atoms with Crippen LogP contribution in [0.25, 0.3) is 5.65 Å². The minimum atomic E-state index is -4.52. The monoisotopic (exact) mass is 287 g/mol. The van der Waals surface area contributed by atoms with Gasteiger partial charge in [-0.1, -0.05) is 0 Å². The number of imidazole rings is 1. The highest BCUT2D eigenvalue weighted by Crippen LogP contribution is 2.13. The highest BCUT2D eigenvalue weighted by Gasteiger charge is 2.28. The molecule has 0 unspecified atom stereocenters. The largest absolute Gasteiger partial charge is 0.405 e. The number of hydrogen-bond acceptors (Lipinski definition) is 4. The molecule has 0 spiro atoms. The van der Waals surface area contributed by atoms with E-state index in [2.05, 4.69) is 9.97 Å². The molecule has 3 N–H and O–H groups in total. The van der Waals surface area contributed by atoms with E-state index in [0.29, 0.717) is 0 Å². The molecule has 0 fully saturated rings. The van der Waals surface area contributed by atoms with E-state index in [1.165, 1.54) is 10.7 Å². The lowest BCUT2D eigenvalue weighted by Crippen LogP contribution is -2.33. The van der Waals surface area contributed by atoms with Gasteiger partial charge in [0, 0.05) is 12.4 Å². The van der Waals surface area contributed by atoms with Gasteiger partial charge in [0.2, 0.25) is 0 Å². The molecule has 106 valence electrons. The first-order valence-corrected chi connectivity index (χ1v) is 5.25. The fraction of sp³-hybridized carbons (Fsp3) is 0.200. The Balaban J connectivity index is 2.30. The first-order valence-electron chi connectivity index (χ1n) is 5.25. The van der Waals surface area contributed by atoms with Gasteiger partial charge in [0.1, 0.15) is 24.1 Å². The van der Waals surface area contributed by atoms with Crippen LogP contribution in [0.5, 0.6) is 0 Å². The molecule has 0 aliphatic heterocycles. The third kappa shape index (κ3) is 2.84. The lowest BCUT2D eigenvalue weighted by molar-refractivity contribution is -0.123. The van der Waals surface area contributed by atoms with Gasteiger partial charge < -0.3 is 11.1 Å². The van der Waals surface area contributed by atoms with Crippen molar-refractivity contribution in [1.82, 2.24) is 19.7 Å². The first kappa shape index (κ1) is 13.8. The van der Waals surface area contributed by atoms with Crippen molar-refractivity contribution in [2.75, 3.05) is 6.54 Å². The Morgan fingerprint density at radius 1 is 1.40 bits per heavy atom. The quantitative estimate of drug-likeness (QED) is 0.837. The van der Waals surface area contributed by atoms with Crippen LogP contribution < -0.4 is 11.1 Å². The average molecular weight is 287 g/mol. The lowest BCUT2D eigenvalue weighted by atomic mass is 10.3. The van der Waals surface area contributed by atoms with E-state index in [-0.39, 0.29) is 16.9 Å². The standard InChI is InChI=1S/C10H8F3N5O2/c11-10(12,13)3-16-9(20)6-2-18-4-15-1-5(7(14)19)8(18)17-6/h1-2,4H,3H2,(H2,14,19)(H,16,20). The summed E-state index contributed by atoms with van der Waals surface area (Å²) in [4.78, 5) is 30.1. The van der Waals surface area contributed by atoms with Crippen LogP contribution in [0.3, 0.4) is 0 Å². The Morgan fingerprint density at radius 2 is 2.10 bits per heavy atom. The van der Waals surface area contributed by atoms with Gasteiger partial charge in [-0.05, 0) is 0 Å². The summed E-state index contributed by atoms with van der Waals surface area (Å²) in [6, 6.07) is 0. The smallest absolute Gasteiger partial charge is 0.365 e. The normalized spacial score (nSPS) is 11.6. The van der Waals surface area contributed by atoms with Gasteiger partial charge >= 0.3 is 6.18 Å². The number of hydrogen-bond donors (Lipinski definition) is 2. The Kier molecular flexibility index (Phi) is 3.30. The molecular formula is C10H8F3N5O2. The number of aromatic nitrogens is 3. The van der Waals surface area contributed by atoms with Crippen molar-refractivity contribution in [3.63, 3.8) is 0 Å². The van der Waals surface area contributed by atoms with Crippen LogP contribution in [0, 0.1) is 0 Å². The zero-order valence-electron chi connectivity index (χ0n) is 9.81. The number of carbonyl (C=O) groups excluding carboxylic acids is 2. The molecule has 0 radical (unpaired) electrons. The molecule has 2 rings (SSSR count). The summed E-state index contributed by atoms with van der Waals surface area (Å²) >= 11 is 0. The number of fused-ring (bicyclic) bond motifs is 1. The van der Waals surface area contributed by atoms with Gasteiger partial charge in [-0.3, -0.25) is 14.0 Å². The van der Waals surface area contributed by atoms with Crippen LogP contribution in [0.2, 0.25) is 0 Å². The molecule has 0 bridgehead atoms. The van der Waals surface area contributed by atoms with Gasteiger partial charge in [0.25, 0.3) is 11.8 Å². The lowest BCUT2D eigenvalue weighted by Gasteiger charge is -2.06. The number of primary amides is 1. The molecule has 0 aliphatic carbocycles. The third-order valence-corrected chi connectivity index (χ3v) is 2.32. The van der Waals surface area contributed by atoms with E-state index in [1.54, 1.807) is 5.32 Å². The molecule has 0 saturated heterocycles. The summed E-state index contributed by atoms with van der Waals surface area (Å²) in [5.74, 6) is -1.82. The van der Waals surface area contributed by atoms with Crippen LogP contribution >= 0.6 is 0 Å². The highest BCUT2D eigenvalue weighted by molar-refractivity contribution is 5.99. The second kappa shape index (κ2) is 4.79. The van der Waals surface area contributed by atoms with Gasteiger partial charge in [0.15, 0.2) is 5.65 Å². The molecule has 7 nitrogen and oxygen atoms in total. The molecular weight excluding hydrogens is 279 g/mol. The van der Waals surface area contributed by atoms with E-state index in [9.17, 15) is 22.8 Å². The highest BCUT2D eigenvalue weighted by atomic mass is 19.4. The number of rotatable bonds is 3. The summed E-state index contributed by atoms with van der Waals surface area (Å²) in [5, 5.41) is 1.67. The molecule has 2 aromatic heterocycles. The Bertz CT molecular complexity index is 679. The average Bonchev–Trinajstić information content (AvgIpc) is 2.78. The van der Waals surface area contributed by atoms with Gasteiger partial charge in [0.05, 0.1) is 0 Å². The van der Waals surface area contributed by atoms with Crippen molar-refractivity contribution in [2.45, 2.75) is 6.18 Å². The van der Waals surface area contributed by atoms with Crippen molar-refractivity contribution in [1.29, 1.82) is 0 Å². The van der Waals surface area contributed by atoms with E-state index in [4.69, 9.17) is 5.73 Å². The molecule has 0 aliphatic rings. The maximum absolute atomic E-state index is 12.0. The van der Waals surface area contributed by atoms with E-state index in [1.807, 2.05) is 0 Å². The van der Waals surface area contributed by atoms with Crippen LogP contribution in [0.1, 0.15) is 20.8 Å². The molecule has 20 heavy (non-hydrogen) atoms. The minimum Gasteiger partial charge on any atom is -0.365 e. The molecule has 0 saturated carbocycles. The number of alkyl halides is 3. The summed E-state index contributed by atoms with van der Waals surface area (Å²) in [6.07, 6.45) is -0.966. The number of nitrogens with one attached hydrogen (secondary N) is 1. The van der Waals surface area contributed by atoms with Gasteiger partial charge in [-0.2, -0.15) is 13.2 Å². The zero-order chi connectivity index (χ0) is 14.9. The van der Waals surface area contributed by atoms with E-state index in [0.717, 1.165) is 12.4 Å². The summed E-state index contributed by atoms with van der Waals surface area (Å²) in [6.45, 7) is -1.47. The van der Waals surface area contributed by atoms with E-state index < -0.39 is 24.5 Å². The number of nitrogens with zero attached hydrogens (tertiary/aromatic N) is 3. The number of carbonyl (C=O) groups is 2. The Hall–Kier alpha value is -2.65. The van der Waals surface area contributed by atoms with Gasteiger partial charge in [-0.15, -0.1) is 0 Å². The van der Waals surface area contributed by atoms with Crippen molar-refractivity contribution in [3.05, 3.63) is 30.0 Å². The van der Waals surface area contributed by atoms with E-state index >= 15 is 0 Å². The summed E-state index contributed by atoms with van der Waals surface area (Å²) in [7, 11) is 0. The number of halogens is 3. The second-order valence-electron chi connectivity index (χ2n) is 3.83. The topological polar surface area (TPSA) is 102 Å². The predicted octanol–water partition coefficient (Wildman–Crippen LogP) is 0.120. The SMILES string of the molecule is NC(=O)c1cncn2cc(C(=O)NCC(F)(F)F)nc12. The number of amides is 2. The Labute approximate surface area is 109 Å². The molecule has 2 aromatic rings. The maximum atomic E-state index is 12.0.